The zero-order valence-electron chi connectivity index (χ0n) is 16.3. The number of carbonyl (C=O) groups excluding carboxylic acids is 1. The Bertz CT molecular complexity index is 1230. The highest BCUT2D eigenvalue weighted by Crippen LogP contribution is 2.31. The number of nitrogens with zero attached hydrogens (tertiary/aromatic N) is 2. The number of hydrogen-bond acceptors (Lipinski definition) is 6. The molecule has 0 aliphatic carbocycles. The van der Waals surface area contributed by atoms with Crippen molar-refractivity contribution < 1.29 is 9.53 Å². The molecule has 0 aliphatic heterocycles. The summed E-state index contributed by atoms with van der Waals surface area (Å²) < 4.78 is 6.41. The Balaban J connectivity index is 1.35. The Hall–Kier alpha value is -2.32. The summed E-state index contributed by atoms with van der Waals surface area (Å²) in [6, 6.07) is 19.4. The average molecular weight is 490 g/mol. The maximum absolute atomic E-state index is 12.5. The summed E-state index contributed by atoms with van der Waals surface area (Å²) in [6.07, 6.45) is -0.769. The van der Waals surface area contributed by atoms with Gasteiger partial charge in [-0.1, -0.05) is 88.8 Å². The summed E-state index contributed by atoms with van der Waals surface area (Å²) in [5, 5.41) is 14.7. The molecule has 4 aromatic rings. The third kappa shape index (κ3) is 5.49. The molecule has 0 radical (unpaired) electrons. The number of anilines is 1. The van der Waals surface area contributed by atoms with Crippen LogP contribution in [0.4, 0.5) is 5.13 Å². The minimum atomic E-state index is -0.769. The van der Waals surface area contributed by atoms with E-state index in [2.05, 4.69) is 45.8 Å². The van der Waals surface area contributed by atoms with E-state index in [0.29, 0.717) is 20.9 Å². The summed E-state index contributed by atoms with van der Waals surface area (Å²) >= 11 is 14.9. The predicted molar refractivity (Wildman–Crippen MR) is 129 cm³/mol. The van der Waals surface area contributed by atoms with E-state index >= 15 is 0 Å². The average Bonchev–Trinajstić information content (AvgIpc) is 3.21. The lowest BCUT2D eigenvalue weighted by molar-refractivity contribution is -0.122. The third-order valence-corrected chi connectivity index (χ3v) is 6.99. The molecule has 4 rings (SSSR count). The van der Waals surface area contributed by atoms with Gasteiger partial charge in [-0.2, -0.15) is 0 Å². The summed E-state index contributed by atoms with van der Waals surface area (Å²) in [6.45, 7) is 1.64. The summed E-state index contributed by atoms with van der Waals surface area (Å²) in [4.78, 5) is 12.5. The van der Waals surface area contributed by atoms with Crippen molar-refractivity contribution in [2.75, 3.05) is 5.32 Å². The van der Waals surface area contributed by atoms with Gasteiger partial charge in [-0.15, -0.1) is 10.2 Å². The van der Waals surface area contributed by atoms with Crippen LogP contribution in [0, 0.1) is 0 Å². The third-order valence-electron chi connectivity index (χ3n) is 4.43. The molecule has 0 aliphatic rings. The molecule has 31 heavy (non-hydrogen) atoms. The second-order valence-electron chi connectivity index (χ2n) is 6.62. The summed E-state index contributed by atoms with van der Waals surface area (Å²) in [5.41, 5.74) is 1.23. The summed E-state index contributed by atoms with van der Waals surface area (Å²) in [7, 11) is 0. The number of benzene rings is 3. The van der Waals surface area contributed by atoms with Crippen LogP contribution in [-0.4, -0.2) is 22.2 Å². The molecule has 1 amide bonds. The highest BCUT2D eigenvalue weighted by molar-refractivity contribution is 8.00. The molecule has 0 spiro atoms. The first-order valence-electron chi connectivity index (χ1n) is 9.35. The van der Waals surface area contributed by atoms with Crippen molar-refractivity contribution >= 4 is 68.1 Å². The van der Waals surface area contributed by atoms with Crippen molar-refractivity contribution in [3.8, 4) is 5.75 Å². The van der Waals surface area contributed by atoms with Gasteiger partial charge < -0.3 is 4.74 Å². The normalized spacial score (nSPS) is 12.0. The molecule has 0 bridgehead atoms. The van der Waals surface area contributed by atoms with Crippen LogP contribution in [0.1, 0.15) is 12.5 Å². The van der Waals surface area contributed by atoms with Gasteiger partial charge in [0.2, 0.25) is 5.13 Å². The number of halogens is 2. The van der Waals surface area contributed by atoms with Gasteiger partial charge in [0.1, 0.15) is 5.75 Å². The number of thioether (sulfide) groups is 1. The van der Waals surface area contributed by atoms with Crippen molar-refractivity contribution in [3.05, 3.63) is 76.3 Å². The molecule has 3 aromatic carbocycles. The van der Waals surface area contributed by atoms with E-state index in [4.69, 9.17) is 27.9 Å². The zero-order chi connectivity index (χ0) is 21.8. The number of fused-ring (bicyclic) bond motifs is 1. The Morgan fingerprint density at radius 1 is 1.13 bits per heavy atom. The van der Waals surface area contributed by atoms with Crippen LogP contribution >= 0.6 is 46.3 Å². The topological polar surface area (TPSA) is 64.1 Å². The smallest absolute Gasteiger partial charge is 0.266 e. The highest BCUT2D eigenvalue weighted by atomic mass is 35.5. The largest absolute Gasteiger partial charge is 0.479 e. The van der Waals surface area contributed by atoms with E-state index in [1.54, 1.807) is 36.9 Å². The van der Waals surface area contributed by atoms with E-state index in [9.17, 15) is 4.79 Å². The molecule has 0 fully saturated rings. The first-order chi connectivity index (χ1) is 15.0. The molecular formula is C22H17Cl2N3O2S2. The quantitative estimate of drug-likeness (QED) is 0.231. The maximum Gasteiger partial charge on any atom is 0.266 e. The van der Waals surface area contributed by atoms with E-state index in [1.807, 2.05) is 12.1 Å². The standard InChI is InChI=1S/C22H17Cl2N3O2S2/c1-13(29-19-10-9-16(23)11-18(19)24)20(28)25-21-26-27-22(31-21)30-12-15-7-4-6-14-5-2-3-8-17(14)15/h2-11,13H,12H2,1H3,(H,25,26,28). The number of aromatic nitrogens is 2. The van der Waals surface area contributed by atoms with Crippen LogP contribution in [0.15, 0.2) is 65.0 Å². The Kier molecular flexibility index (Phi) is 6.97. The minimum absolute atomic E-state index is 0.340. The lowest BCUT2D eigenvalue weighted by Gasteiger charge is -2.14. The van der Waals surface area contributed by atoms with Gasteiger partial charge in [-0.25, -0.2) is 0 Å². The monoisotopic (exact) mass is 489 g/mol. The molecular weight excluding hydrogens is 473 g/mol. The lowest BCUT2D eigenvalue weighted by Crippen LogP contribution is -2.30. The van der Waals surface area contributed by atoms with E-state index in [-0.39, 0.29) is 5.91 Å². The molecule has 0 saturated carbocycles. The van der Waals surface area contributed by atoms with Crippen LogP contribution in [0.25, 0.3) is 10.8 Å². The van der Waals surface area contributed by atoms with Crippen LogP contribution in [0.2, 0.25) is 10.0 Å². The van der Waals surface area contributed by atoms with Gasteiger partial charge in [0, 0.05) is 10.8 Å². The SMILES string of the molecule is CC(Oc1ccc(Cl)cc1Cl)C(=O)Nc1nnc(SCc2cccc3ccccc23)s1. The summed E-state index contributed by atoms with van der Waals surface area (Å²) in [5.74, 6) is 0.809. The molecule has 1 atom stereocenters. The van der Waals surface area contributed by atoms with Crippen LogP contribution in [-0.2, 0) is 10.5 Å². The molecule has 1 N–H and O–H groups in total. The Morgan fingerprint density at radius 3 is 2.77 bits per heavy atom. The van der Waals surface area contributed by atoms with Crippen LogP contribution < -0.4 is 10.1 Å². The second kappa shape index (κ2) is 9.87. The fourth-order valence-electron chi connectivity index (χ4n) is 2.90. The number of carbonyl (C=O) groups is 1. The number of nitrogens with one attached hydrogen (secondary N) is 1. The zero-order valence-corrected chi connectivity index (χ0v) is 19.5. The fourth-order valence-corrected chi connectivity index (χ4v) is 5.11. The predicted octanol–water partition coefficient (Wildman–Crippen LogP) is 6.70. The van der Waals surface area contributed by atoms with Gasteiger partial charge in [0.15, 0.2) is 10.4 Å². The molecule has 1 aromatic heterocycles. The molecule has 1 heterocycles. The van der Waals surface area contributed by atoms with Crippen molar-refractivity contribution in [2.24, 2.45) is 0 Å². The molecule has 9 heteroatoms. The number of amides is 1. The first kappa shape index (κ1) is 21.9. The maximum atomic E-state index is 12.5. The van der Waals surface area contributed by atoms with E-state index in [1.165, 1.54) is 27.7 Å². The van der Waals surface area contributed by atoms with Crippen molar-refractivity contribution in [2.45, 2.75) is 23.1 Å². The molecule has 158 valence electrons. The fraction of sp³-hybridized carbons (Fsp3) is 0.136. The molecule has 1 unspecified atom stereocenters. The van der Waals surface area contributed by atoms with Gasteiger partial charge in [-0.05, 0) is 41.5 Å². The minimum Gasteiger partial charge on any atom is -0.479 e. The van der Waals surface area contributed by atoms with E-state index < -0.39 is 6.10 Å². The Labute approximate surface area is 197 Å². The number of ether oxygens (including phenoxy) is 1. The number of hydrogen-bond donors (Lipinski definition) is 1. The van der Waals surface area contributed by atoms with Gasteiger partial charge >= 0.3 is 0 Å². The van der Waals surface area contributed by atoms with Crippen molar-refractivity contribution in [3.63, 3.8) is 0 Å². The van der Waals surface area contributed by atoms with Crippen molar-refractivity contribution in [1.82, 2.24) is 10.2 Å². The molecule has 5 nitrogen and oxygen atoms in total. The van der Waals surface area contributed by atoms with Crippen LogP contribution in [0.3, 0.4) is 0 Å². The van der Waals surface area contributed by atoms with Crippen molar-refractivity contribution in [1.29, 1.82) is 0 Å². The van der Waals surface area contributed by atoms with Gasteiger partial charge in [0.25, 0.3) is 5.91 Å². The van der Waals surface area contributed by atoms with Gasteiger partial charge in [0.05, 0.1) is 5.02 Å². The van der Waals surface area contributed by atoms with E-state index in [0.717, 1.165) is 10.1 Å². The van der Waals surface area contributed by atoms with Crippen LogP contribution in [0.5, 0.6) is 5.75 Å². The molecule has 0 saturated heterocycles. The first-order valence-corrected chi connectivity index (χ1v) is 11.9. The lowest BCUT2D eigenvalue weighted by atomic mass is 10.1. The second-order valence-corrected chi connectivity index (χ2v) is 9.67. The Morgan fingerprint density at radius 2 is 1.94 bits per heavy atom. The number of rotatable bonds is 7. The highest BCUT2D eigenvalue weighted by Gasteiger charge is 2.18. The van der Waals surface area contributed by atoms with Gasteiger partial charge in [-0.3, -0.25) is 10.1 Å².